The van der Waals surface area contributed by atoms with Crippen LogP contribution in [0.15, 0.2) is 12.1 Å². The Balaban J connectivity index is 1.42. The van der Waals surface area contributed by atoms with Gasteiger partial charge in [-0.05, 0) is 69.8 Å². The number of carboxylic acid groups (broad SMARTS) is 1. The second-order valence-electron chi connectivity index (χ2n) is 11.5. The fourth-order valence-corrected chi connectivity index (χ4v) is 5.45. The highest BCUT2D eigenvalue weighted by Crippen LogP contribution is 2.40. The van der Waals surface area contributed by atoms with E-state index in [1.807, 2.05) is 0 Å². The standard InChI is InChI=1S/C28H37N3O6/c1-27(9-4-10-27)16-30-24(32)19-5-6-21(19)31-25(33)20-14-22(17(15-29)13-23(20)36-3)37-18-7-11-28(2,12-8-18)26(34)35/h13-14,18-19,21H,4-12,16H2,1-3H3,(H,30,32)(H,31,33)(H,34,35)/t18?,19-,21+,28?/m1/s1. The van der Waals surface area contributed by atoms with Gasteiger partial charge >= 0.3 is 5.97 Å². The van der Waals surface area contributed by atoms with Gasteiger partial charge in [0.15, 0.2) is 0 Å². The number of rotatable bonds is 9. The number of nitrogens with one attached hydrogen (secondary N) is 2. The quantitative estimate of drug-likeness (QED) is 0.458. The van der Waals surface area contributed by atoms with Crippen LogP contribution < -0.4 is 20.1 Å². The summed E-state index contributed by atoms with van der Waals surface area (Å²) in [4.78, 5) is 37.5. The van der Waals surface area contributed by atoms with Crippen molar-refractivity contribution in [1.82, 2.24) is 10.6 Å². The fraction of sp³-hybridized carbons (Fsp3) is 0.643. The Hall–Kier alpha value is -3.28. The van der Waals surface area contributed by atoms with Gasteiger partial charge in [-0.15, -0.1) is 0 Å². The van der Waals surface area contributed by atoms with Gasteiger partial charge in [-0.2, -0.15) is 5.26 Å². The summed E-state index contributed by atoms with van der Waals surface area (Å²) in [5.74, 6) is -0.963. The molecule has 2 amide bonds. The first-order valence-corrected chi connectivity index (χ1v) is 13.2. The Bertz CT molecular complexity index is 1100. The zero-order chi connectivity index (χ0) is 26.8. The summed E-state index contributed by atoms with van der Waals surface area (Å²) in [6.07, 6.45) is 6.68. The molecule has 0 saturated heterocycles. The fourth-order valence-electron chi connectivity index (χ4n) is 5.45. The molecule has 9 heteroatoms. The van der Waals surface area contributed by atoms with Gasteiger partial charge in [0.1, 0.15) is 17.6 Å². The van der Waals surface area contributed by atoms with Crippen LogP contribution in [0, 0.1) is 28.1 Å². The van der Waals surface area contributed by atoms with Crippen LogP contribution in [-0.2, 0) is 9.59 Å². The number of hydrogen-bond donors (Lipinski definition) is 3. The van der Waals surface area contributed by atoms with Crippen LogP contribution in [0.1, 0.15) is 87.6 Å². The molecule has 200 valence electrons. The van der Waals surface area contributed by atoms with E-state index in [1.165, 1.54) is 25.7 Å². The van der Waals surface area contributed by atoms with Crippen molar-refractivity contribution < 1.29 is 29.0 Å². The van der Waals surface area contributed by atoms with Gasteiger partial charge in [-0.1, -0.05) is 13.3 Å². The first kappa shape index (κ1) is 26.8. The van der Waals surface area contributed by atoms with Gasteiger partial charge in [0.2, 0.25) is 5.91 Å². The highest BCUT2D eigenvalue weighted by molar-refractivity contribution is 5.98. The Morgan fingerprint density at radius 3 is 2.30 bits per heavy atom. The number of carbonyl (C=O) groups excluding carboxylic acids is 2. The van der Waals surface area contributed by atoms with Gasteiger partial charge in [0.05, 0.1) is 35.7 Å². The van der Waals surface area contributed by atoms with E-state index in [0.717, 1.165) is 19.3 Å². The normalized spacial score (nSPS) is 28.0. The lowest BCUT2D eigenvalue weighted by Gasteiger charge is -2.40. The maximum atomic E-state index is 13.2. The molecule has 0 aromatic heterocycles. The molecule has 3 fully saturated rings. The molecule has 3 saturated carbocycles. The second kappa shape index (κ2) is 10.6. The number of nitrogens with zero attached hydrogens (tertiary/aromatic N) is 1. The summed E-state index contributed by atoms with van der Waals surface area (Å²) in [6.45, 7) is 4.59. The van der Waals surface area contributed by atoms with Crippen molar-refractivity contribution >= 4 is 17.8 Å². The van der Waals surface area contributed by atoms with Crippen LogP contribution in [0.25, 0.3) is 0 Å². The summed E-state index contributed by atoms with van der Waals surface area (Å²) in [5, 5.41) is 25.2. The van der Waals surface area contributed by atoms with Crippen molar-refractivity contribution in [2.45, 2.75) is 83.8 Å². The lowest BCUT2D eigenvalue weighted by atomic mass is 9.70. The minimum atomic E-state index is -0.813. The Morgan fingerprint density at radius 2 is 1.78 bits per heavy atom. The van der Waals surface area contributed by atoms with Crippen LogP contribution >= 0.6 is 0 Å². The maximum Gasteiger partial charge on any atom is 0.309 e. The molecule has 0 heterocycles. The van der Waals surface area contributed by atoms with Gasteiger partial charge < -0.3 is 25.2 Å². The maximum absolute atomic E-state index is 13.2. The summed E-state index contributed by atoms with van der Waals surface area (Å²) in [7, 11) is 1.43. The summed E-state index contributed by atoms with van der Waals surface area (Å²) < 4.78 is 11.5. The molecule has 3 aliphatic rings. The molecular weight excluding hydrogens is 474 g/mol. The molecule has 9 nitrogen and oxygen atoms in total. The monoisotopic (exact) mass is 511 g/mol. The predicted octanol–water partition coefficient (Wildman–Crippen LogP) is 3.79. The highest BCUT2D eigenvalue weighted by atomic mass is 16.5. The van der Waals surface area contributed by atoms with Crippen molar-refractivity contribution in [3.63, 3.8) is 0 Å². The smallest absolute Gasteiger partial charge is 0.309 e. The number of aliphatic carboxylic acids is 1. The number of carbonyl (C=O) groups is 3. The number of methoxy groups -OCH3 is 1. The van der Waals surface area contributed by atoms with E-state index in [9.17, 15) is 24.8 Å². The topological polar surface area (TPSA) is 138 Å². The van der Waals surface area contributed by atoms with Crippen LogP contribution in [0.2, 0.25) is 0 Å². The van der Waals surface area contributed by atoms with E-state index >= 15 is 0 Å². The van der Waals surface area contributed by atoms with E-state index in [2.05, 4.69) is 23.6 Å². The van der Waals surface area contributed by atoms with Crippen molar-refractivity contribution in [3.8, 4) is 17.6 Å². The molecule has 0 aliphatic heterocycles. The number of amides is 2. The molecule has 4 rings (SSSR count). The highest BCUT2D eigenvalue weighted by Gasteiger charge is 2.40. The molecule has 2 atom stereocenters. The third-order valence-corrected chi connectivity index (χ3v) is 8.69. The SMILES string of the molecule is COc1cc(C#N)c(OC2CCC(C)(C(=O)O)CC2)cc1C(=O)N[C@H]1CC[C@H]1C(=O)NCC1(C)CCC1. The van der Waals surface area contributed by atoms with Gasteiger partial charge in [-0.3, -0.25) is 14.4 Å². The number of ether oxygens (including phenoxy) is 2. The Labute approximate surface area is 217 Å². The largest absolute Gasteiger partial charge is 0.496 e. The molecule has 1 aromatic carbocycles. The first-order chi connectivity index (χ1) is 17.6. The molecular formula is C28H37N3O6. The third-order valence-electron chi connectivity index (χ3n) is 8.69. The predicted molar refractivity (Wildman–Crippen MR) is 135 cm³/mol. The Morgan fingerprint density at radius 1 is 1.08 bits per heavy atom. The van der Waals surface area contributed by atoms with Crippen molar-refractivity contribution in [3.05, 3.63) is 23.3 Å². The molecule has 0 spiro atoms. The molecule has 0 bridgehead atoms. The summed E-state index contributed by atoms with van der Waals surface area (Å²) >= 11 is 0. The third kappa shape index (κ3) is 5.68. The number of benzene rings is 1. The number of carboxylic acids is 1. The van der Waals surface area contributed by atoms with Crippen molar-refractivity contribution in [1.29, 1.82) is 5.26 Å². The van der Waals surface area contributed by atoms with Gasteiger partial charge in [-0.25, -0.2) is 0 Å². The summed E-state index contributed by atoms with van der Waals surface area (Å²) in [6, 6.07) is 4.83. The van der Waals surface area contributed by atoms with Crippen LogP contribution in [0.5, 0.6) is 11.5 Å². The van der Waals surface area contributed by atoms with Crippen LogP contribution in [-0.4, -0.2) is 48.7 Å². The van der Waals surface area contributed by atoms with Crippen LogP contribution in [0.3, 0.4) is 0 Å². The van der Waals surface area contributed by atoms with Crippen molar-refractivity contribution in [2.24, 2.45) is 16.7 Å². The zero-order valence-electron chi connectivity index (χ0n) is 21.9. The Kier molecular flexibility index (Phi) is 7.67. The van der Waals surface area contributed by atoms with E-state index in [1.54, 1.807) is 6.92 Å². The molecule has 0 radical (unpaired) electrons. The zero-order valence-corrected chi connectivity index (χ0v) is 21.9. The average molecular weight is 512 g/mol. The second-order valence-corrected chi connectivity index (χ2v) is 11.5. The van der Waals surface area contributed by atoms with E-state index < -0.39 is 11.4 Å². The van der Waals surface area contributed by atoms with E-state index in [4.69, 9.17) is 9.47 Å². The van der Waals surface area contributed by atoms with E-state index in [-0.39, 0.29) is 57.9 Å². The molecule has 37 heavy (non-hydrogen) atoms. The van der Waals surface area contributed by atoms with Crippen LogP contribution in [0.4, 0.5) is 0 Å². The molecule has 0 unspecified atom stereocenters. The van der Waals surface area contributed by atoms with Gasteiger partial charge in [0.25, 0.3) is 5.91 Å². The number of hydrogen-bond acceptors (Lipinski definition) is 6. The minimum absolute atomic E-state index is 0.0221. The minimum Gasteiger partial charge on any atom is -0.496 e. The van der Waals surface area contributed by atoms with E-state index in [0.29, 0.717) is 38.6 Å². The first-order valence-electron chi connectivity index (χ1n) is 13.2. The van der Waals surface area contributed by atoms with Gasteiger partial charge in [0, 0.05) is 18.7 Å². The molecule has 1 aromatic rings. The lowest BCUT2D eigenvalue weighted by Crippen LogP contribution is -2.54. The lowest BCUT2D eigenvalue weighted by molar-refractivity contribution is -0.150. The average Bonchev–Trinajstić information content (AvgIpc) is 2.85. The summed E-state index contributed by atoms with van der Waals surface area (Å²) in [5.41, 5.74) is -0.111. The number of nitriles is 1. The molecule has 3 N–H and O–H groups in total. The van der Waals surface area contributed by atoms with Crippen molar-refractivity contribution in [2.75, 3.05) is 13.7 Å². The molecule has 3 aliphatic carbocycles.